The Kier molecular flexibility index (Phi) is 11.5. The number of benzene rings is 3. The molecule has 0 bridgehead atoms. The molecule has 1 N–H and O–H groups in total. The summed E-state index contributed by atoms with van der Waals surface area (Å²) in [7, 11) is -3.86. The second-order valence-electron chi connectivity index (χ2n) is 9.80. The van der Waals surface area contributed by atoms with Crippen molar-refractivity contribution in [1.82, 2.24) is 10.2 Å². The van der Waals surface area contributed by atoms with E-state index < -0.39 is 28.5 Å². The van der Waals surface area contributed by atoms with Crippen LogP contribution in [0.4, 0.5) is 5.69 Å². The number of amides is 2. The van der Waals surface area contributed by atoms with Gasteiger partial charge in [-0.1, -0.05) is 66.5 Å². The van der Waals surface area contributed by atoms with Crippen LogP contribution in [0.1, 0.15) is 38.3 Å². The highest BCUT2D eigenvalue weighted by Crippen LogP contribution is 2.25. The first-order chi connectivity index (χ1) is 19.4. The molecule has 0 spiro atoms. The summed E-state index contributed by atoms with van der Waals surface area (Å²) in [4.78, 5) is 28.1. The summed E-state index contributed by atoms with van der Waals surface area (Å²) in [6.45, 7) is 5.29. The molecule has 0 saturated heterocycles. The Morgan fingerprint density at radius 1 is 0.927 bits per heavy atom. The van der Waals surface area contributed by atoms with E-state index >= 15 is 0 Å². The van der Waals surface area contributed by atoms with E-state index in [9.17, 15) is 18.0 Å². The zero-order valence-electron chi connectivity index (χ0n) is 23.5. The highest BCUT2D eigenvalue weighted by molar-refractivity contribution is 7.92. The van der Waals surface area contributed by atoms with Crippen molar-refractivity contribution >= 4 is 50.7 Å². The first-order valence-electron chi connectivity index (χ1n) is 13.2. The van der Waals surface area contributed by atoms with Crippen molar-refractivity contribution in [3.63, 3.8) is 0 Å². The molecule has 0 aromatic heterocycles. The molecule has 2 atom stereocenters. The number of hydrogen-bond donors (Lipinski definition) is 1. The highest BCUT2D eigenvalue weighted by Gasteiger charge is 2.30. The zero-order chi connectivity index (χ0) is 30.2. The molecule has 0 aliphatic carbocycles. The van der Waals surface area contributed by atoms with Crippen molar-refractivity contribution in [3.8, 4) is 5.75 Å². The Morgan fingerprint density at radius 3 is 2.17 bits per heavy atom. The Hall–Kier alpha value is -3.27. The van der Waals surface area contributed by atoms with E-state index in [1.165, 1.54) is 4.90 Å². The lowest BCUT2D eigenvalue weighted by atomic mass is 10.1. The van der Waals surface area contributed by atoms with E-state index in [2.05, 4.69) is 5.32 Å². The molecule has 3 rings (SSSR count). The monoisotopic (exact) mass is 619 g/mol. The van der Waals surface area contributed by atoms with Gasteiger partial charge in [0.1, 0.15) is 24.9 Å². The van der Waals surface area contributed by atoms with Crippen LogP contribution in [0.2, 0.25) is 10.0 Å². The molecule has 3 aromatic rings. The third-order valence-electron chi connectivity index (χ3n) is 6.56. The molecule has 41 heavy (non-hydrogen) atoms. The van der Waals surface area contributed by atoms with Crippen molar-refractivity contribution in [1.29, 1.82) is 0 Å². The van der Waals surface area contributed by atoms with Crippen LogP contribution in [0, 0.1) is 0 Å². The van der Waals surface area contributed by atoms with Gasteiger partial charge in [-0.25, -0.2) is 8.42 Å². The Labute approximate surface area is 252 Å². The number of rotatable bonds is 13. The summed E-state index contributed by atoms with van der Waals surface area (Å²) >= 11 is 12.2. The number of hydrogen-bond acceptors (Lipinski definition) is 5. The molecule has 0 aliphatic rings. The first kappa shape index (κ1) is 32.2. The summed E-state index contributed by atoms with van der Waals surface area (Å²) in [5.74, 6) is -0.356. The largest absolute Gasteiger partial charge is 0.489 e. The van der Waals surface area contributed by atoms with Gasteiger partial charge in [-0.05, 0) is 67.8 Å². The summed E-state index contributed by atoms with van der Waals surface area (Å²) in [5.41, 5.74) is 1.93. The van der Waals surface area contributed by atoms with Gasteiger partial charge in [0.15, 0.2) is 0 Å². The number of ether oxygens (including phenoxy) is 1. The van der Waals surface area contributed by atoms with Crippen LogP contribution in [-0.2, 0) is 32.8 Å². The summed E-state index contributed by atoms with van der Waals surface area (Å²) in [6, 6.07) is 20.1. The molecule has 0 radical (unpaired) electrons. The molecule has 0 aliphatic heterocycles. The maximum absolute atomic E-state index is 13.7. The van der Waals surface area contributed by atoms with E-state index in [0.29, 0.717) is 40.1 Å². The fraction of sp³-hybridized carbons (Fsp3) is 0.333. The minimum absolute atomic E-state index is 0.0225. The smallest absolute Gasteiger partial charge is 0.244 e. The highest BCUT2D eigenvalue weighted by atomic mass is 35.5. The third-order valence-corrected chi connectivity index (χ3v) is 8.44. The molecule has 2 amide bonds. The second-order valence-corrected chi connectivity index (χ2v) is 12.5. The molecule has 3 aromatic carbocycles. The van der Waals surface area contributed by atoms with Crippen LogP contribution in [0.5, 0.6) is 5.75 Å². The molecule has 8 nitrogen and oxygen atoms in total. The van der Waals surface area contributed by atoms with Crippen LogP contribution in [0.15, 0.2) is 72.8 Å². The fourth-order valence-electron chi connectivity index (χ4n) is 3.95. The van der Waals surface area contributed by atoms with Crippen molar-refractivity contribution in [3.05, 3.63) is 94.0 Å². The number of carbonyl (C=O) groups excluding carboxylic acids is 2. The number of carbonyl (C=O) groups is 2. The standard InChI is InChI=1S/C30H35Cl2N3O5S/c1-5-21(2)33-30(37)22(3)34(18-24-11-16-27(31)28(32)17-24)29(36)19-35(41(4,38)39)25-12-14-26(15-13-25)40-20-23-9-7-6-8-10-23/h6-17,21-22H,5,18-20H2,1-4H3,(H,33,37)/t21-,22+/m0/s1. The van der Waals surface area contributed by atoms with E-state index in [1.54, 1.807) is 49.4 Å². The van der Waals surface area contributed by atoms with Crippen LogP contribution in [0.3, 0.4) is 0 Å². The number of halogens is 2. The van der Waals surface area contributed by atoms with E-state index in [4.69, 9.17) is 27.9 Å². The number of sulfonamides is 1. The van der Waals surface area contributed by atoms with E-state index in [1.807, 2.05) is 44.2 Å². The molecule has 11 heteroatoms. The minimum atomic E-state index is -3.86. The SMILES string of the molecule is CC[C@H](C)NC(=O)[C@@H](C)N(Cc1ccc(Cl)c(Cl)c1)C(=O)CN(c1ccc(OCc2ccccc2)cc1)S(C)(=O)=O. The third kappa shape index (κ3) is 9.38. The molecular weight excluding hydrogens is 585 g/mol. The van der Waals surface area contributed by atoms with Gasteiger partial charge in [-0.3, -0.25) is 13.9 Å². The molecule has 0 fully saturated rings. The maximum Gasteiger partial charge on any atom is 0.244 e. The molecule has 0 saturated carbocycles. The lowest BCUT2D eigenvalue weighted by Crippen LogP contribution is -2.52. The van der Waals surface area contributed by atoms with Crippen molar-refractivity contribution in [2.45, 2.75) is 52.4 Å². The second kappa shape index (κ2) is 14.6. The molecule has 220 valence electrons. The summed E-state index contributed by atoms with van der Waals surface area (Å²) in [5, 5.41) is 3.55. The molecule has 0 unspecified atom stereocenters. The van der Waals surface area contributed by atoms with Crippen molar-refractivity contribution in [2.75, 3.05) is 17.1 Å². The van der Waals surface area contributed by atoms with Crippen molar-refractivity contribution in [2.24, 2.45) is 0 Å². The van der Waals surface area contributed by atoms with E-state index in [-0.39, 0.29) is 18.5 Å². The fourth-order valence-corrected chi connectivity index (χ4v) is 5.12. The molecular formula is C30H35Cl2N3O5S. The predicted molar refractivity (Wildman–Crippen MR) is 164 cm³/mol. The maximum atomic E-state index is 13.7. The van der Waals surface area contributed by atoms with Gasteiger partial charge < -0.3 is 15.0 Å². The quantitative estimate of drug-likeness (QED) is 0.266. The average Bonchev–Trinajstić information content (AvgIpc) is 2.95. The van der Waals surface area contributed by atoms with Crippen LogP contribution in [0.25, 0.3) is 0 Å². The number of anilines is 1. The Bertz CT molecular complexity index is 1440. The number of nitrogens with one attached hydrogen (secondary N) is 1. The Balaban J connectivity index is 1.84. The van der Waals surface area contributed by atoms with Crippen LogP contribution < -0.4 is 14.4 Å². The minimum Gasteiger partial charge on any atom is -0.489 e. The van der Waals surface area contributed by atoms with Crippen molar-refractivity contribution < 1.29 is 22.7 Å². The van der Waals surface area contributed by atoms with Gasteiger partial charge in [0.2, 0.25) is 21.8 Å². The first-order valence-corrected chi connectivity index (χ1v) is 15.8. The Morgan fingerprint density at radius 2 is 1.59 bits per heavy atom. The lowest BCUT2D eigenvalue weighted by Gasteiger charge is -2.32. The van der Waals surface area contributed by atoms with Gasteiger partial charge >= 0.3 is 0 Å². The lowest BCUT2D eigenvalue weighted by molar-refractivity contribution is -0.139. The van der Waals surface area contributed by atoms with Gasteiger partial charge in [0, 0.05) is 12.6 Å². The van der Waals surface area contributed by atoms with Crippen LogP contribution >= 0.6 is 23.2 Å². The van der Waals surface area contributed by atoms with Gasteiger partial charge in [0.25, 0.3) is 0 Å². The predicted octanol–water partition coefficient (Wildman–Crippen LogP) is 5.67. The zero-order valence-corrected chi connectivity index (χ0v) is 25.8. The topological polar surface area (TPSA) is 96.0 Å². The molecule has 0 heterocycles. The van der Waals surface area contributed by atoms with Gasteiger partial charge in [0.05, 0.1) is 22.0 Å². The summed E-state index contributed by atoms with van der Waals surface area (Å²) < 4.78 is 32.5. The van der Waals surface area contributed by atoms with E-state index in [0.717, 1.165) is 16.1 Å². The van der Waals surface area contributed by atoms with Gasteiger partial charge in [-0.2, -0.15) is 0 Å². The average molecular weight is 621 g/mol. The normalized spacial score (nSPS) is 12.7. The summed E-state index contributed by atoms with van der Waals surface area (Å²) in [6.07, 6.45) is 1.74. The van der Waals surface area contributed by atoms with Crippen LogP contribution in [-0.4, -0.2) is 50.0 Å². The number of nitrogens with zero attached hydrogens (tertiary/aromatic N) is 2. The van der Waals surface area contributed by atoms with Gasteiger partial charge in [-0.15, -0.1) is 0 Å².